The van der Waals surface area contributed by atoms with Crippen LogP contribution < -0.4 is 4.90 Å². The van der Waals surface area contributed by atoms with E-state index in [-0.39, 0.29) is 11.3 Å². The Hall–Kier alpha value is -5.74. The van der Waals surface area contributed by atoms with Gasteiger partial charge in [0.05, 0.1) is 17.1 Å². The van der Waals surface area contributed by atoms with Crippen molar-refractivity contribution in [1.82, 2.24) is 4.57 Å². The highest BCUT2D eigenvalue weighted by molar-refractivity contribution is 6.12. The monoisotopic (exact) mass is 612 g/mol. The van der Waals surface area contributed by atoms with E-state index in [2.05, 4.69) is 128 Å². The van der Waals surface area contributed by atoms with Gasteiger partial charge in [-0.1, -0.05) is 91.0 Å². The molecule has 0 saturated heterocycles. The van der Waals surface area contributed by atoms with E-state index in [0.717, 1.165) is 50.0 Å². The largest absolute Gasteiger partial charge is 0.505 e. The predicted molar refractivity (Wildman–Crippen MR) is 197 cm³/mol. The average Bonchev–Trinajstić information content (AvgIpc) is 3.63. The third-order valence-corrected chi connectivity index (χ3v) is 9.13. The van der Waals surface area contributed by atoms with E-state index in [1.807, 2.05) is 42.5 Å². The molecule has 0 unspecified atom stereocenters. The fourth-order valence-corrected chi connectivity index (χ4v) is 7.15. The van der Waals surface area contributed by atoms with Gasteiger partial charge >= 0.3 is 0 Å². The lowest BCUT2D eigenvalue weighted by molar-refractivity contribution is 0.423. The first-order valence-electron chi connectivity index (χ1n) is 16.1. The summed E-state index contributed by atoms with van der Waals surface area (Å²) in [6.45, 7) is 10.7. The Kier molecular flexibility index (Phi) is 6.69. The summed E-state index contributed by atoms with van der Waals surface area (Å²) >= 11 is 0. The number of fused-ring (bicyclic) bond motifs is 6. The molecular weight excluding hydrogens is 576 g/mol. The number of hydrogen-bond acceptors (Lipinski definition) is 3. The fraction of sp³-hybridized carbons (Fsp3) is 0.116. The summed E-state index contributed by atoms with van der Waals surface area (Å²) in [4.78, 5) is 2.14. The Morgan fingerprint density at radius 3 is 2.17 bits per heavy atom. The van der Waals surface area contributed by atoms with Gasteiger partial charge in [-0.25, -0.2) is 0 Å². The molecule has 0 bridgehead atoms. The molecule has 47 heavy (non-hydrogen) atoms. The Balaban J connectivity index is 1.41. The maximum Gasteiger partial charge on any atom is 0.159 e. The van der Waals surface area contributed by atoms with Crippen molar-refractivity contribution < 1.29 is 9.52 Å². The van der Waals surface area contributed by atoms with Gasteiger partial charge in [-0.3, -0.25) is 0 Å². The second kappa shape index (κ2) is 11.0. The number of benzene rings is 6. The van der Waals surface area contributed by atoms with Crippen LogP contribution in [0.25, 0.3) is 54.9 Å². The zero-order valence-electron chi connectivity index (χ0n) is 26.9. The molecule has 2 heterocycles. The number of para-hydroxylation sites is 5. The number of rotatable bonds is 6. The molecule has 0 radical (unpaired) electrons. The van der Waals surface area contributed by atoms with E-state index in [4.69, 9.17) is 4.42 Å². The second-order valence-corrected chi connectivity index (χ2v) is 13.1. The van der Waals surface area contributed by atoms with Crippen LogP contribution in [0.15, 0.2) is 144 Å². The molecule has 8 aromatic rings. The summed E-state index contributed by atoms with van der Waals surface area (Å²) in [6, 6.07) is 44.1. The molecule has 4 nitrogen and oxygen atoms in total. The minimum absolute atomic E-state index is 0.0865. The molecule has 0 amide bonds. The van der Waals surface area contributed by atoms with E-state index in [9.17, 15) is 5.11 Å². The van der Waals surface area contributed by atoms with Crippen LogP contribution in [0.3, 0.4) is 0 Å². The van der Waals surface area contributed by atoms with E-state index in [1.54, 1.807) is 0 Å². The molecule has 0 aliphatic rings. The first-order valence-corrected chi connectivity index (χ1v) is 16.1. The van der Waals surface area contributed by atoms with E-state index in [0.29, 0.717) is 12.1 Å². The molecule has 8 rings (SSSR count). The maximum absolute atomic E-state index is 11.8. The highest BCUT2D eigenvalue weighted by Crippen LogP contribution is 2.49. The van der Waals surface area contributed by atoms with Crippen LogP contribution in [-0.2, 0) is 12.0 Å². The van der Waals surface area contributed by atoms with Gasteiger partial charge in [0.1, 0.15) is 11.3 Å². The lowest BCUT2D eigenvalue weighted by Crippen LogP contribution is -2.21. The number of furan rings is 1. The lowest BCUT2D eigenvalue weighted by atomic mass is 9.98. The molecular formula is C43H36N2O2. The van der Waals surface area contributed by atoms with Gasteiger partial charge in [-0.05, 0) is 80.8 Å². The first kappa shape index (κ1) is 28.7. The van der Waals surface area contributed by atoms with Crippen molar-refractivity contribution in [3.05, 3.63) is 146 Å². The van der Waals surface area contributed by atoms with Crippen LogP contribution in [-0.4, -0.2) is 9.67 Å². The summed E-state index contributed by atoms with van der Waals surface area (Å²) in [5, 5.41) is 16.3. The number of nitrogens with zero attached hydrogens (tertiary/aromatic N) is 2. The number of phenolic OH excluding ortho intramolecular Hbond substituents is 1. The molecule has 0 aliphatic heterocycles. The van der Waals surface area contributed by atoms with Crippen molar-refractivity contribution in [1.29, 1.82) is 0 Å². The van der Waals surface area contributed by atoms with Gasteiger partial charge in [0.15, 0.2) is 5.58 Å². The minimum Gasteiger partial charge on any atom is -0.505 e. The minimum atomic E-state index is -0.0865. The Morgan fingerprint density at radius 1 is 0.681 bits per heavy atom. The molecule has 6 aromatic carbocycles. The zero-order valence-corrected chi connectivity index (χ0v) is 26.9. The molecule has 0 saturated carbocycles. The molecule has 0 aliphatic carbocycles. The molecule has 1 N–H and O–H groups in total. The van der Waals surface area contributed by atoms with Gasteiger partial charge in [0, 0.05) is 43.7 Å². The summed E-state index contributed by atoms with van der Waals surface area (Å²) in [7, 11) is 0. The Labute approximate surface area is 274 Å². The molecule has 230 valence electrons. The number of aromatic nitrogens is 1. The third kappa shape index (κ3) is 4.59. The molecule has 4 heteroatoms. The summed E-state index contributed by atoms with van der Waals surface area (Å²) in [5.41, 5.74) is 9.35. The number of allylic oxidation sites excluding steroid dienone is 1. The standard InChI is InChI=1S/C43H36N2O2/c1-5-14-28-15-12-22-38(41(28)46)44(39-23-13-19-33-32-18-8-11-24-40(32)47-42(33)39)35-20-9-6-16-30(35)29-25-26-37-34(27-29)31-17-7-10-21-36(31)45(37)43(2,3)4/h5-13,15-27,46H,1,14H2,2-4H3. The summed E-state index contributed by atoms with van der Waals surface area (Å²) < 4.78 is 9.00. The van der Waals surface area contributed by atoms with Crippen LogP contribution in [0.4, 0.5) is 17.1 Å². The van der Waals surface area contributed by atoms with E-state index >= 15 is 0 Å². The number of anilines is 3. The topological polar surface area (TPSA) is 41.5 Å². The van der Waals surface area contributed by atoms with Gasteiger partial charge in [0.25, 0.3) is 0 Å². The van der Waals surface area contributed by atoms with Crippen molar-refractivity contribution in [3.63, 3.8) is 0 Å². The zero-order chi connectivity index (χ0) is 32.3. The lowest BCUT2D eigenvalue weighted by Gasteiger charge is -2.29. The summed E-state index contributed by atoms with van der Waals surface area (Å²) in [5.74, 6) is 0.221. The fourth-order valence-electron chi connectivity index (χ4n) is 7.15. The van der Waals surface area contributed by atoms with E-state index < -0.39 is 0 Å². The Morgan fingerprint density at radius 2 is 1.34 bits per heavy atom. The van der Waals surface area contributed by atoms with Crippen molar-refractivity contribution in [3.8, 4) is 16.9 Å². The predicted octanol–water partition coefficient (Wildman–Crippen LogP) is 12.0. The molecule has 0 atom stereocenters. The van der Waals surface area contributed by atoms with Crippen LogP contribution in [0.2, 0.25) is 0 Å². The molecule has 0 spiro atoms. The van der Waals surface area contributed by atoms with Crippen LogP contribution in [0, 0.1) is 0 Å². The number of hydrogen-bond donors (Lipinski definition) is 1. The van der Waals surface area contributed by atoms with Gasteiger partial charge < -0.3 is 19.0 Å². The van der Waals surface area contributed by atoms with Gasteiger partial charge in [0.2, 0.25) is 0 Å². The van der Waals surface area contributed by atoms with Crippen LogP contribution in [0.1, 0.15) is 26.3 Å². The van der Waals surface area contributed by atoms with Crippen molar-refractivity contribution >= 4 is 60.8 Å². The molecule has 0 fully saturated rings. The van der Waals surface area contributed by atoms with Crippen LogP contribution >= 0.6 is 0 Å². The second-order valence-electron chi connectivity index (χ2n) is 13.1. The number of phenols is 1. The highest BCUT2D eigenvalue weighted by atomic mass is 16.3. The quantitative estimate of drug-likeness (QED) is 0.190. The SMILES string of the molecule is C=CCc1cccc(N(c2ccccc2-c2ccc3c(c2)c2ccccc2n3C(C)(C)C)c2cccc3c2oc2ccccc23)c1O. The summed E-state index contributed by atoms with van der Waals surface area (Å²) in [6.07, 6.45) is 2.37. The number of aromatic hydroxyl groups is 1. The van der Waals surface area contributed by atoms with Crippen molar-refractivity contribution in [2.24, 2.45) is 0 Å². The highest BCUT2D eigenvalue weighted by Gasteiger charge is 2.26. The van der Waals surface area contributed by atoms with Gasteiger partial charge in [-0.15, -0.1) is 6.58 Å². The maximum atomic E-state index is 11.8. The van der Waals surface area contributed by atoms with Crippen molar-refractivity contribution in [2.75, 3.05) is 4.90 Å². The van der Waals surface area contributed by atoms with Crippen LogP contribution in [0.5, 0.6) is 5.75 Å². The first-order chi connectivity index (χ1) is 22.8. The van der Waals surface area contributed by atoms with Gasteiger partial charge in [-0.2, -0.15) is 0 Å². The van der Waals surface area contributed by atoms with E-state index in [1.165, 1.54) is 21.8 Å². The Bertz CT molecular complexity index is 2470. The molecule has 2 aromatic heterocycles. The smallest absolute Gasteiger partial charge is 0.159 e. The normalized spacial score (nSPS) is 12.0. The average molecular weight is 613 g/mol. The third-order valence-electron chi connectivity index (χ3n) is 9.13. The van der Waals surface area contributed by atoms with Crippen molar-refractivity contribution in [2.45, 2.75) is 32.7 Å².